The lowest BCUT2D eigenvalue weighted by atomic mass is 10.0. The Morgan fingerprint density at radius 3 is 2.23 bits per heavy atom. The van der Waals surface area contributed by atoms with E-state index in [1.54, 1.807) is 35.6 Å². The Labute approximate surface area is 183 Å². The van der Waals surface area contributed by atoms with Gasteiger partial charge in [-0.15, -0.1) is 0 Å². The summed E-state index contributed by atoms with van der Waals surface area (Å²) in [6.45, 7) is 8.76. The highest BCUT2D eigenvalue weighted by Gasteiger charge is 2.28. The SMILES string of the molecule is CCn1c(C)c(C(=O)CN(CCCOC)C(=O)c2ccc(C)cc2)c(C)c1C(=O)OC. The topological polar surface area (TPSA) is 77.8 Å². The number of hydrogen-bond acceptors (Lipinski definition) is 5. The number of aryl methyl sites for hydroxylation is 1. The van der Waals surface area contributed by atoms with Crippen molar-refractivity contribution >= 4 is 17.7 Å². The van der Waals surface area contributed by atoms with Crippen LogP contribution >= 0.6 is 0 Å². The van der Waals surface area contributed by atoms with Gasteiger partial charge in [-0.2, -0.15) is 0 Å². The second-order valence-electron chi connectivity index (χ2n) is 7.53. The highest BCUT2D eigenvalue weighted by atomic mass is 16.5. The van der Waals surface area contributed by atoms with Crippen molar-refractivity contribution in [3.8, 4) is 0 Å². The third kappa shape index (κ3) is 5.41. The van der Waals surface area contributed by atoms with E-state index in [9.17, 15) is 14.4 Å². The molecule has 0 aliphatic carbocycles. The minimum Gasteiger partial charge on any atom is -0.464 e. The molecule has 0 unspecified atom stereocenters. The summed E-state index contributed by atoms with van der Waals surface area (Å²) < 4.78 is 11.8. The van der Waals surface area contributed by atoms with Gasteiger partial charge in [-0.1, -0.05) is 17.7 Å². The van der Waals surface area contributed by atoms with Crippen molar-refractivity contribution in [3.05, 3.63) is 57.9 Å². The first-order valence-electron chi connectivity index (χ1n) is 10.4. The van der Waals surface area contributed by atoms with Crippen LogP contribution in [0.4, 0.5) is 0 Å². The number of hydrogen-bond donors (Lipinski definition) is 0. The van der Waals surface area contributed by atoms with Crippen molar-refractivity contribution in [2.75, 3.05) is 33.9 Å². The molecule has 0 aliphatic heterocycles. The van der Waals surface area contributed by atoms with Crippen LogP contribution in [0.1, 0.15) is 61.4 Å². The molecule has 7 heteroatoms. The fraction of sp³-hybridized carbons (Fsp3) is 0.458. The summed E-state index contributed by atoms with van der Waals surface area (Å²) >= 11 is 0. The Kier molecular flexibility index (Phi) is 8.56. The first-order chi connectivity index (χ1) is 14.8. The molecule has 1 heterocycles. The molecule has 168 valence electrons. The lowest BCUT2D eigenvalue weighted by molar-refractivity contribution is 0.0587. The van der Waals surface area contributed by atoms with E-state index in [1.165, 1.54) is 7.11 Å². The van der Waals surface area contributed by atoms with Crippen LogP contribution in [0.3, 0.4) is 0 Å². The monoisotopic (exact) mass is 428 g/mol. The van der Waals surface area contributed by atoms with Gasteiger partial charge >= 0.3 is 5.97 Å². The zero-order valence-corrected chi connectivity index (χ0v) is 19.3. The number of rotatable bonds is 10. The van der Waals surface area contributed by atoms with Crippen LogP contribution in [0.2, 0.25) is 0 Å². The second-order valence-corrected chi connectivity index (χ2v) is 7.53. The predicted molar refractivity (Wildman–Crippen MR) is 119 cm³/mol. The minimum absolute atomic E-state index is 0.0769. The van der Waals surface area contributed by atoms with Crippen LogP contribution in [-0.4, -0.2) is 61.0 Å². The second kappa shape index (κ2) is 10.9. The van der Waals surface area contributed by atoms with Crippen molar-refractivity contribution in [1.82, 2.24) is 9.47 Å². The Balaban J connectivity index is 2.37. The van der Waals surface area contributed by atoms with E-state index in [-0.39, 0.29) is 18.2 Å². The van der Waals surface area contributed by atoms with E-state index in [2.05, 4.69) is 0 Å². The van der Waals surface area contributed by atoms with Gasteiger partial charge in [0.1, 0.15) is 5.69 Å². The molecule has 0 fully saturated rings. The number of Topliss-reactive ketones (excluding diaryl/α,β-unsaturated/α-hetero) is 1. The van der Waals surface area contributed by atoms with Crippen LogP contribution in [-0.2, 0) is 16.0 Å². The zero-order valence-electron chi connectivity index (χ0n) is 19.3. The molecule has 0 saturated heterocycles. The van der Waals surface area contributed by atoms with E-state index < -0.39 is 5.97 Å². The van der Waals surface area contributed by atoms with Crippen LogP contribution in [0, 0.1) is 20.8 Å². The molecule has 0 spiro atoms. The average Bonchev–Trinajstić information content (AvgIpc) is 3.01. The molecule has 2 aromatic rings. The molecule has 0 aliphatic rings. The van der Waals surface area contributed by atoms with Gasteiger partial charge in [-0.05, 0) is 51.8 Å². The highest BCUT2D eigenvalue weighted by Crippen LogP contribution is 2.24. The Morgan fingerprint density at radius 1 is 1.03 bits per heavy atom. The summed E-state index contributed by atoms with van der Waals surface area (Å²) in [7, 11) is 2.93. The minimum atomic E-state index is -0.478. The zero-order chi connectivity index (χ0) is 23.1. The largest absolute Gasteiger partial charge is 0.464 e. The van der Waals surface area contributed by atoms with Crippen LogP contribution in [0.25, 0.3) is 0 Å². The molecule has 1 aromatic carbocycles. The molecular weight excluding hydrogens is 396 g/mol. The molecule has 0 N–H and O–H groups in total. The molecule has 0 saturated carbocycles. The number of ether oxygens (including phenoxy) is 2. The normalized spacial score (nSPS) is 10.8. The number of benzene rings is 1. The lowest BCUT2D eigenvalue weighted by Crippen LogP contribution is -2.37. The fourth-order valence-corrected chi connectivity index (χ4v) is 3.84. The maximum absolute atomic E-state index is 13.3. The molecule has 7 nitrogen and oxygen atoms in total. The van der Waals surface area contributed by atoms with Crippen molar-refractivity contribution in [1.29, 1.82) is 0 Å². The van der Waals surface area contributed by atoms with E-state index in [1.807, 2.05) is 32.9 Å². The summed E-state index contributed by atoms with van der Waals surface area (Å²) in [5, 5.41) is 0. The fourth-order valence-electron chi connectivity index (χ4n) is 3.84. The molecule has 2 rings (SSSR count). The Hall–Kier alpha value is -2.93. The van der Waals surface area contributed by atoms with Gasteiger partial charge in [-0.25, -0.2) is 4.79 Å². The quantitative estimate of drug-likeness (QED) is 0.328. The van der Waals surface area contributed by atoms with Gasteiger partial charge in [-0.3, -0.25) is 9.59 Å². The van der Waals surface area contributed by atoms with E-state index in [0.717, 1.165) is 5.56 Å². The third-order valence-corrected chi connectivity index (χ3v) is 5.44. The summed E-state index contributed by atoms with van der Waals surface area (Å²) in [5.74, 6) is -0.887. The van der Waals surface area contributed by atoms with Crippen molar-refractivity contribution in [2.45, 2.75) is 40.7 Å². The van der Waals surface area contributed by atoms with Crippen molar-refractivity contribution < 1.29 is 23.9 Å². The smallest absolute Gasteiger partial charge is 0.354 e. The first kappa shape index (κ1) is 24.3. The van der Waals surface area contributed by atoms with Gasteiger partial charge in [0.2, 0.25) is 0 Å². The highest BCUT2D eigenvalue weighted by molar-refractivity contribution is 6.06. The Bertz CT molecular complexity index is 944. The molecule has 31 heavy (non-hydrogen) atoms. The number of carbonyl (C=O) groups is 3. The van der Waals surface area contributed by atoms with Gasteiger partial charge in [0.25, 0.3) is 5.91 Å². The van der Waals surface area contributed by atoms with E-state index >= 15 is 0 Å². The van der Waals surface area contributed by atoms with Crippen LogP contribution in [0.15, 0.2) is 24.3 Å². The van der Waals surface area contributed by atoms with E-state index in [4.69, 9.17) is 9.47 Å². The predicted octanol–water partition coefficient (Wildman–Crippen LogP) is 3.58. The Morgan fingerprint density at radius 2 is 1.68 bits per heavy atom. The van der Waals surface area contributed by atoms with Gasteiger partial charge < -0.3 is 18.9 Å². The van der Waals surface area contributed by atoms with Crippen LogP contribution in [0.5, 0.6) is 0 Å². The maximum Gasteiger partial charge on any atom is 0.354 e. The summed E-state index contributed by atoms with van der Waals surface area (Å²) in [6.07, 6.45) is 0.614. The number of ketones is 1. The van der Waals surface area contributed by atoms with Crippen molar-refractivity contribution in [2.24, 2.45) is 0 Å². The summed E-state index contributed by atoms with van der Waals surface area (Å²) in [6, 6.07) is 7.29. The van der Waals surface area contributed by atoms with Gasteiger partial charge in [0.15, 0.2) is 5.78 Å². The number of carbonyl (C=O) groups excluding carboxylic acids is 3. The first-order valence-corrected chi connectivity index (χ1v) is 10.4. The number of amides is 1. The maximum atomic E-state index is 13.3. The lowest BCUT2D eigenvalue weighted by Gasteiger charge is -2.22. The molecule has 1 amide bonds. The third-order valence-electron chi connectivity index (χ3n) is 5.44. The van der Waals surface area contributed by atoms with Gasteiger partial charge in [0, 0.05) is 43.6 Å². The number of aromatic nitrogens is 1. The van der Waals surface area contributed by atoms with Crippen LogP contribution < -0.4 is 0 Å². The summed E-state index contributed by atoms with van der Waals surface area (Å²) in [5.41, 5.74) is 3.71. The molecule has 1 aromatic heterocycles. The van der Waals surface area contributed by atoms with Gasteiger partial charge in [0.05, 0.1) is 13.7 Å². The molecule has 0 radical (unpaired) electrons. The standard InChI is InChI=1S/C24H32N2O5/c1-7-26-18(4)21(17(3)22(26)24(29)31-6)20(27)15-25(13-8-14-30-5)23(28)19-11-9-16(2)10-12-19/h9-12H,7-8,13-15H2,1-6H3. The molecular formula is C24H32N2O5. The van der Waals surface area contributed by atoms with E-state index in [0.29, 0.717) is 54.2 Å². The van der Waals surface area contributed by atoms with Crippen molar-refractivity contribution in [3.63, 3.8) is 0 Å². The number of methoxy groups -OCH3 is 2. The number of esters is 1. The molecule has 0 atom stereocenters. The average molecular weight is 429 g/mol. The summed E-state index contributed by atoms with van der Waals surface area (Å²) in [4.78, 5) is 40.3. The molecule has 0 bridgehead atoms. The number of nitrogens with zero attached hydrogens (tertiary/aromatic N) is 2.